The smallest absolute Gasteiger partial charge is 0.407 e. The number of fused-ring (bicyclic) bond motifs is 3. The number of benzene rings is 2. The third-order valence-electron chi connectivity index (χ3n) is 4.27. The first-order valence-corrected chi connectivity index (χ1v) is 9.76. The normalized spacial score (nSPS) is 13.6. The van der Waals surface area contributed by atoms with Crippen molar-refractivity contribution in [2.24, 2.45) is 0 Å². The van der Waals surface area contributed by atoms with Gasteiger partial charge < -0.3 is 24.3 Å². The number of hydrogen-bond donors (Lipinski definition) is 1. The molecule has 0 radical (unpaired) electrons. The molecule has 2 aromatic carbocycles. The molecule has 0 aliphatic carbocycles. The van der Waals surface area contributed by atoms with E-state index in [0.717, 1.165) is 16.3 Å². The highest BCUT2D eigenvalue weighted by molar-refractivity contribution is 5.92. The Hall–Kier alpha value is -2.80. The summed E-state index contributed by atoms with van der Waals surface area (Å²) >= 11 is 0. The van der Waals surface area contributed by atoms with E-state index < -0.39 is 11.7 Å². The van der Waals surface area contributed by atoms with Crippen LogP contribution in [0.15, 0.2) is 30.3 Å². The number of rotatable bonds is 7. The van der Waals surface area contributed by atoms with Crippen LogP contribution in [0.3, 0.4) is 0 Å². The summed E-state index contributed by atoms with van der Waals surface area (Å²) in [6.07, 6.45) is 0.536. The lowest BCUT2D eigenvalue weighted by molar-refractivity contribution is -0.135. The molecule has 3 rings (SSSR count). The minimum Gasteiger partial charge on any atom is -0.487 e. The van der Waals surface area contributed by atoms with Crippen LogP contribution in [0.25, 0.3) is 10.8 Å². The highest BCUT2D eigenvalue weighted by Gasteiger charge is 2.24. The molecule has 0 aromatic heterocycles. The van der Waals surface area contributed by atoms with Gasteiger partial charge >= 0.3 is 12.1 Å². The first-order chi connectivity index (χ1) is 13.8. The van der Waals surface area contributed by atoms with E-state index in [9.17, 15) is 9.59 Å². The number of amides is 1. The molecule has 1 N–H and O–H groups in total. The minimum absolute atomic E-state index is 0.248. The maximum atomic E-state index is 11.8. The van der Waals surface area contributed by atoms with E-state index in [-0.39, 0.29) is 5.97 Å². The van der Waals surface area contributed by atoms with Gasteiger partial charge in [0.1, 0.15) is 12.2 Å². The number of esters is 1. The summed E-state index contributed by atoms with van der Waals surface area (Å²) in [5.74, 6) is 0.802. The molecule has 1 amide bonds. The fraction of sp³-hybridized carbons (Fsp3) is 0.455. The molecule has 1 heterocycles. The van der Waals surface area contributed by atoms with Crippen molar-refractivity contribution in [3.8, 4) is 11.5 Å². The SMILES string of the molecule is CC(C)(C)OC(=O)NCCOCCOc1cc2ccccc2c2c1OC(=O)CC2. The van der Waals surface area contributed by atoms with E-state index in [1.807, 2.05) is 51.1 Å². The predicted octanol–water partition coefficient (Wildman–Crippen LogP) is 3.61. The van der Waals surface area contributed by atoms with Crippen LogP contribution >= 0.6 is 0 Å². The van der Waals surface area contributed by atoms with Crippen LogP contribution in [-0.4, -0.2) is 44.0 Å². The van der Waals surface area contributed by atoms with E-state index in [2.05, 4.69) is 5.32 Å². The summed E-state index contributed by atoms with van der Waals surface area (Å²) < 4.78 is 21.9. The number of hydrogen-bond acceptors (Lipinski definition) is 6. The van der Waals surface area contributed by atoms with Gasteiger partial charge in [-0.05, 0) is 44.0 Å². The third kappa shape index (κ3) is 5.84. The standard InChI is InChI=1S/C22H27NO6/c1-22(2,3)29-21(25)23-10-11-26-12-13-27-18-14-15-6-4-5-7-16(15)17-8-9-19(24)28-20(17)18/h4-7,14H,8-13H2,1-3H3,(H,23,25). The molecule has 29 heavy (non-hydrogen) atoms. The van der Waals surface area contributed by atoms with Gasteiger partial charge in [-0.2, -0.15) is 0 Å². The zero-order valence-electron chi connectivity index (χ0n) is 17.1. The molecule has 7 nitrogen and oxygen atoms in total. The Morgan fingerprint density at radius 1 is 1.14 bits per heavy atom. The fourth-order valence-corrected chi connectivity index (χ4v) is 3.09. The summed E-state index contributed by atoms with van der Waals surface area (Å²) in [5.41, 5.74) is 0.474. The number of aryl methyl sites for hydroxylation is 1. The third-order valence-corrected chi connectivity index (χ3v) is 4.27. The second-order valence-corrected chi connectivity index (χ2v) is 7.77. The highest BCUT2D eigenvalue weighted by atomic mass is 16.6. The molecule has 0 spiro atoms. The average Bonchev–Trinajstić information content (AvgIpc) is 2.65. The maximum absolute atomic E-state index is 11.8. The van der Waals surface area contributed by atoms with Crippen molar-refractivity contribution in [1.82, 2.24) is 5.32 Å². The van der Waals surface area contributed by atoms with E-state index in [0.29, 0.717) is 50.7 Å². The molecular formula is C22H27NO6. The van der Waals surface area contributed by atoms with Crippen LogP contribution in [0.5, 0.6) is 11.5 Å². The van der Waals surface area contributed by atoms with Gasteiger partial charge in [-0.1, -0.05) is 24.3 Å². The van der Waals surface area contributed by atoms with Crippen molar-refractivity contribution in [3.05, 3.63) is 35.9 Å². The van der Waals surface area contributed by atoms with Gasteiger partial charge in [-0.15, -0.1) is 0 Å². The number of carbonyl (C=O) groups is 2. The van der Waals surface area contributed by atoms with Crippen LogP contribution in [0.4, 0.5) is 4.79 Å². The van der Waals surface area contributed by atoms with Gasteiger partial charge in [0.05, 0.1) is 19.6 Å². The van der Waals surface area contributed by atoms with Crippen LogP contribution in [0, 0.1) is 0 Å². The van der Waals surface area contributed by atoms with Gasteiger partial charge in [0.25, 0.3) is 0 Å². The van der Waals surface area contributed by atoms with Crippen LogP contribution in [0.1, 0.15) is 32.8 Å². The molecule has 156 valence electrons. The van der Waals surface area contributed by atoms with Crippen molar-refractivity contribution < 1.29 is 28.5 Å². The van der Waals surface area contributed by atoms with Crippen LogP contribution < -0.4 is 14.8 Å². The topological polar surface area (TPSA) is 83.1 Å². The maximum Gasteiger partial charge on any atom is 0.407 e. The Labute approximate surface area is 170 Å². The first-order valence-electron chi connectivity index (χ1n) is 9.76. The van der Waals surface area contributed by atoms with Gasteiger partial charge in [0.2, 0.25) is 0 Å². The summed E-state index contributed by atoms with van der Waals surface area (Å²) in [5, 5.41) is 4.75. The molecular weight excluding hydrogens is 374 g/mol. The highest BCUT2D eigenvalue weighted by Crippen LogP contribution is 2.40. The Morgan fingerprint density at radius 2 is 1.93 bits per heavy atom. The summed E-state index contributed by atoms with van der Waals surface area (Å²) in [6.45, 7) is 6.75. The number of ether oxygens (including phenoxy) is 4. The van der Waals surface area contributed by atoms with Crippen molar-refractivity contribution in [1.29, 1.82) is 0 Å². The Kier molecular flexibility index (Phi) is 6.59. The monoisotopic (exact) mass is 401 g/mol. The van der Waals surface area contributed by atoms with Crippen molar-refractivity contribution in [2.75, 3.05) is 26.4 Å². The second kappa shape index (κ2) is 9.13. The molecule has 0 atom stereocenters. The Bertz CT molecular complexity index is 887. The molecule has 0 saturated carbocycles. The number of alkyl carbamates (subject to hydrolysis) is 1. The molecule has 0 fully saturated rings. The predicted molar refractivity (Wildman–Crippen MR) is 108 cm³/mol. The van der Waals surface area contributed by atoms with Crippen LogP contribution in [0.2, 0.25) is 0 Å². The van der Waals surface area contributed by atoms with E-state index in [1.54, 1.807) is 0 Å². The lowest BCUT2D eigenvalue weighted by Crippen LogP contribution is -2.34. The van der Waals surface area contributed by atoms with Crippen molar-refractivity contribution in [3.63, 3.8) is 0 Å². The number of carbonyl (C=O) groups excluding carboxylic acids is 2. The fourth-order valence-electron chi connectivity index (χ4n) is 3.09. The zero-order chi connectivity index (χ0) is 20.9. The minimum atomic E-state index is -0.527. The largest absolute Gasteiger partial charge is 0.487 e. The molecule has 0 bridgehead atoms. The average molecular weight is 401 g/mol. The van der Waals surface area contributed by atoms with E-state index in [1.165, 1.54) is 0 Å². The van der Waals surface area contributed by atoms with E-state index >= 15 is 0 Å². The summed E-state index contributed by atoms with van der Waals surface area (Å²) in [6, 6.07) is 9.86. The van der Waals surface area contributed by atoms with Gasteiger partial charge in [-0.3, -0.25) is 4.79 Å². The molecule has 7 heteroatoms. The number of nitrogens with one attached hydrogen (secondary N) is 1. The molecule has 0 unspecified atom stereocenters. The molecule has 1 aliphatic rings. The first kappa shape index (κ1) is 20.9. The van der Waals surface area contributed by atoms with Crippen molar-refractivity contribution in [2.45, 2.75) is 39.2 Å². The Balaban J connectivity index is 1.49. The Morgan fingerprint density at radius 3 is 2.72 bits per heavy atom. The molecule has 2 aromatic rings. The summed E-state index contributed by atoms with van der Waals surface area (Å²) in [7, 11) is 0. The van der Waals surface area contributed by atoms with Gasteiger partial charge in [0.15, 0.2) is 11.5 Å². The lowest BCUT2D eigenvalue weighted by Gasteiger charge is -2.21. The molecule has 1 aliphatic heterocycles. The quantitative estimate of drug-likeness (QED) is 0.434. The van der Waals surface area contributed by atoms with Gasteiger partial charge in [0, 0.05) is 12.1 Å². The van der Waals surface area contributed by atoms with Gasteiger partial charge in [-0.25, -0.2) is 4.79 Å². The lowest BCUT2D eigenvalue weighted by atomic mass is 9.97. The van der Waals surface area contributed by atoms with Crippen LogP contribution in [-0.2, 0) is 20.7 Å². The van der Waals surface area contributed by atoms with Crippen molar-refractivity contribution >= 4 is 22.8 Å². The second-order valence-electron chi connectivity index (χ2n) is 7.77. The van der Waals surface area contributed by atoms with E-state index in [4.69, 9.17) is 18.9 Å². The summed E-state index contributed by atoms with van der Waals surface area (Å²) in [4.78, 5) is 23.3. The molecule has 0 saturated heterocycles. The zero-order valence-corrected chi connectivity index (χ0v) is 17.1.